The van der Waals surface area contributed by atoms with Crippen molar-refractivity contribution in [3.05, 3.63) is 18.0 Å². The summed E-state index contributed by atoms with van der Waals surface area (Å²) >= 11 is 0. The summed E-state index contributed by atoms with van der Waals surface area (Å²) in [6, 6.07) is 0. The molecule has 9 heteroatoms. The number of hydrogen-bond acceptors (Lipinski definition) is 4. The quantitative estimate of drug-likeness (QED) is 0.252. The van der Waals surface area contributed by atoms with Crippen LogP contribution in [0.5, 0.6) is 0 Å². The minimum absolute atomic E-state index is 0. The maximum absolute atomic E-state index is 12.1. The van der Waals surface area contributed by atoms with Gasteiger partial charge in [0.2, 0.25) is 5.91 Å². The van der Waals surface area contributed by atoms with Crippen molar-refractivity contribution in [1.82, 2.24) is 25.7 Å². The van der Waals surface area contributed by atoms with E-state index in [1.807, 2.05) is 34.7 Å². The summed E-state index contributed by atoms with van der Waals surface area (Å²) in [5, 5.41) is 23.8. The molecule has 1 unspecified atom stereocenters. The van der Waals surface area contributed by atoms with Crippen LogP contribution in [0.2, 0.25) is 0 Å². The second kappa shape index (κ2) is 10.7. The van der Waals surface area contributed by atoms with Crippen molar-refractivity contribution in [2.75, 3.05) is 26.2 Å². The van der Waals surface area contributed by atoms with Crippen molar-refractivity contribution in [3.63, 3.8) is 0 Å². The smallest absolute Gasteiger partial charge is 0.227 e. The summed E-state index contributed by atoms with van der Waals surface area (Å²) in [6.45, 7) is 11.2. The molecule has 1 aromatic rings. The third-order valence-electron chi connectivity index (χ3n) is 3.86. The summed E-state index contributed by atoms with van der Waals surface area (Å²) in [4.78, 5) is 16.6. The molecule has 1 heterocycles. The number of aliphatic imine (C=N–C) groups is 1. The van der Waals surface area contributed by atoms with Crippen LogP contribution in [0.4, 0.5) is 0 Å². The number of aryl methyl sites for hydroxylation is 1. The van der Waals surface area contributed by atoms with Crippen LogP contribution in [0.3, 0.4) is 0 Å². The minimum atomic E-state index is -1.08. The summed E-state index contributed by atoms with van der Waals surface area (Å²) in [5.74, 6) is 0.529. The van der Waals surface area contributed by atoms with Gasteiger partial charge in [0.25, 0.3) is 0 Å². The Morgan fingerprint density at radius 1 is 1.23 bits per heavy atom. The Labute approximate surface area is 173 Å². The van der Waals surface area contributed by atoms with Gasteiger partial charge in [0.15, 0.2) is 5.96 Å². The highest BCUT2D eigenvalue weighted by Crippen LogP contribution is 2.18. The van der Waals surface area contributed by atoms with Crippen LogP contribution in [0.15, 0.2) is 17.4 Å². The zero-order valence-corrected chi connectivity index (χ0v) is 18.9. The fourth-order valence-corrected chi connectivity index (χ4v) is 2.15. The summed E-state index contributed by atoms with van der Waals surface area (Å²) in [7, 11) is 1.81. The largest absolute Gasteiger partial charge is 0.383 e. The van der Waals surface area contributed by atoms with Crippen LogP contribution in [-0.2, 0) is 17.4 Å². The van der Waals surface area contributed by atoms with E-state index in [9.17, 15) is 9.90 Å². The Morgan fingerprint density at radius 3 is 2.35 bits per heavy atom. The first-order chi connectivity index (χ1) is 11.6. The molecule has 4 N–H and O–H groups in total. The number of carbonyl (C=O) groups excluding carboxylic acids is 1. The van der Waals surface area contributed by atoms with E-state index in [1.54, 1.807) is 24.0 Å². The molecule has 0 aliphatic carbocycles. The van der Waals surface area contributed by atoms with E-state index in [2.05, 4.69) is 26.0 Å². The first-order valence-corrected chi connectivity index (χ1v) is 8.64. The molecule has 0 spiro atoms. The lowest BCUT2D eigenvalue weighted by Crippen LogP contribution is -2.45. The molecular formula is C17H33IN6O2. The van der Waals surface area contributed by atoms with Crippen molar-refractivity contribution in [3.8, 4) is 0 Å². The zero-order valence-electron chi connectivity index (χ0n) is 16.6. The molecule has 0 fully saturated rings. The number of nitrogens with one attached hydrogen (secondary N) is 3. The van der Waals surface area contributed by atoms with E-state index < -0.39 is 11.0 Å². The molecule has 0 saturated carbocycles. The molecule has 1 atom stereocenters. The number of nitrogens with zero attached hydrogens (tertiary/aromatic N) is 3. The van der Waals surface area contributed by atoms with Crippen LogP contribution in [-0.4, -0.2) is 52.9 Å². The molecule has 26 heavy (non-hydrogen) atoms. The van der Waals surface area contributed by atoms with Gasteiger partial charge in [-0.2, -0.15) is 5.10 Å². The molecule has 0 aliphatic rings. The number of hydrogen-bond donors (Lipinski definition) is 4. The van der Waals surface area contributed by atoms with Gasteiger partial charge in [-0.3, -0.25) is 14.5 Å². The standard InChI is InChI=1S/C17H32N6O2.HI/c1-7-18-14(24)16(3,4)11-20-15(19-8-2)21-12-17(5,25)13-9-22-23(6)10-13;/h9-10,25H,7-8,11-12H2,1-6H3,(H,18,24)(H2,19,20,21);1H. The van der Waals surface area contributed by atoms with E-state index in [1.165, 1.54) is 0 Å². The van der Waals surface area contributed by atoms with E-state index >= 15 is 0 Å². The van der Waals surface area contributed by atoms with Crippen LogP contribution < -0.4 is 16.0 Å². The molecule has 1 rings (SSSR count). The van der Waals surface area contributed by atoms with Crippen LogP contribution >= 0.6 is 24.0 Å². The van der Waals surface area contributed by atoms with Gasteiger partial charge in [-0.1, -0.05) is 0 Å². The van der Waals surface area contributed by atoms with E-state index in [0.29, 0.717) is 25.6 Å². The number of guanidine groups is 1. The molecule has 0 bridgehead atoms. The van der Waals surface area contributed by atoms with Gasteiger partial charge < -0.3 is 21.1 Å². The van der Waals surface area contributed by atoms with Crippen LogP contribution in [0, 0.1) is 5.41 Å². The molecule has 150 valence electrons. The fraction of sp³-hybridized carbons (Fsp3) is 0.706. The van der Waals surface area contributed by atoms with Crippen LogP contribution in [0.1, 0.15) is 40.2 Å². The first kappa shape index (κ1) is 24.6. The average molecular weight is 480 g/mol. The molecule has 1 amide bonds. The summed E-state index contributed by atoms with van der Waals surface area (Å²) in [5.41, 5.74) is -0.968. The third kappa shape index (κ3) is 7.48. The predicted molar refractivity (Wildman–Crippen MR) is 115 cm³/mol. The highest BCUT2D eigenvalue weighted by atomic mass is 127. The van der Waals surface area contributed by atoms with Gasteiger partial charge >= 0.3 is 0 Å². The van der Waals surface area contributed by atoms with Crippen molar-refractivity contribution >= 4 is 35.8 Å². The number of aliphatic hydroxyl groups is 1. The van der Waals surface area contributed by atoms with E-state index in [0.717, 1.165) is 5.56 Å². The molecule has 0 aliphatic heterocycles. The van der Waals surface area contributed by atoms with Gasteiger partial charge in [0.1, 0.15) is 5.60 Å². The summed E-state index contributed by atoms with van der Waals surface area (Å²) in [6.07, 6.45) is 3.42. The maximum atomic E-state index is 12.1. The predicted octanol–water partition coefficient (Wildman–Crippen LogP) is 0.963. The summed E-state index contributed by atoms with van der Waals surface area (Å²) < 4.78 is 1.65. The second-order valence-corrected chi connectivity index (χ2v) is 6.97. The average Bonchev–Trinajstić information content (AvgIpc) is 2.98. The number of rotatable bonds is 8. The molecule has 8 nitrogen and oxygen atoms in total. The SMILES string of the molecule is CCNC(=O)C(C)(C)CN=C(NCC)NCC(C)(O)c1cnn(C)c1.I. The lowest BCUT2D eigenvalue weighted by atomic mass is 9.92. The Balaban J connectivity index is 0.00000625. The molecule has 0 aromatic carbocycles. The van der Waals surface area contributed by atoms with Crippen molar-refractivity contribution in [2.45, 2.75) is 40.2 Å². The molecular weight excluding hydrogens is 447 g/mol. The third-order valence-corrected chi connectivity index (χ3v) is 3.86. The van der Waals surface area contributed by atoms with Crippen molar-refractivity contribution < 1.29 is 9.90 Å². The van der Waals surface area contributed by atoms with Gasteiger partial charge in [-0.15, -0.1) is 24.0 Å². The topological polar surface area (TPSA) is 104 Å². The Kier molecular flexibility index (Phi) is 10.1. The maximum Gasteiger partial charge on any atom is 0.227 e. The van der Waals surface area contributed by atoms with Crippen molar-refractivity contribution in [2.24, 2.45) is 17.5 Å². The van der Waals surface area contributed by atoms with Gasteiger partial charge in [0, 0.05) is 31.9 Å². The zero-order chi connectivity index (χ0) is 19.1. The Hall–Kier alpha value is -1.36. The molecule has 1 aromatic heterocycles. The Morgan fingerprint density at radius 2 is 1.85 bits per heavy atom. The first-order valence-electron chi connectivity index (χ1n) is 8.64. The number of amides is 1. The van der Waals surface area contributed by atoms with Gasteiger partial charge in [0.05, 0.1) is 24.7 Å². The van der Waals surface area contributed by atoms with Crippen molar-refractivity contribution in [1.29, 1.82) is 0 Å². The molecule has 0 saturated heterocycles. The Bertz CT molecular complexity index is 598. The lowest BCUT2D eigenvalue weighted by Gasteiger charge is -2.25. The second-order valence-electron chi connectivity index (χ2n) is 6.97. The number of carbonyl (C=O) groups is 1. The van der Waals surface area contributed by atoms with E-state index in [4.69, 9.17) is 0 Å². The van der Waals surface area contributed by atoms with Gasteiger partial charge in [-0.25, -0.2) is 0 Å². The monoisotopic (exact) mass is 480 g/mol. The minimum Gasteiger partial charge on any atom is -0.383 e. The highest BCUT2D eigenvalue weighted by molar-refractivity contribution is 14.0. The fourth-order valence-electron chi connectivity index (χ4n) is 2.15. The van der Waals surface area contributed by atoms with Gasteiger partial charge in [-0.05, 0) is 34.6 Å². The van der Waals surface area contributed by atoms with Crippen LogP contribution in [0.25, 0.3) is 0 Å². The lowest BCUT2D eigenvalue weighted by molar-refractivity contribution is -0.128. The molecule has 0 radical (unpaired) electrons. The van der Waals surface area contributed by atoms with E-state index in [-0.39, 0.29) is 36.4 Å². The number of halogens is 1. The highest BCUT2D eigenvalue weighted by Gasteiger charge is 2.28. The normalized spacial score (nSPS) is 14.2. The number of aromatic nitrogens is 2.